The molecule has 3 aliphatic heterocycles. The molecule has 0 bridgehead atoms. The van der Waals surface area contributed by atoms with E-state index in [0.717, 1.165) is 52.5 Å². The molecule has 0 saturated carbocycles. The Morgan fingerprint density at radius 1 is 0.973 bits per heavy atom. The molecule has 1 amide bonds. The molecule has 4 heterocycles. The predicted octanol–water partition coefficient (Wildman–Crippen LogP) is 4.91. The van der Waals surface area contributed by atoms with Crippen LogP contribution in [0.4, 0.5) is 5.69 Å². The Kier molecular flexibility index (Phi) is 5.09. The highest BCUT2D eigenvalue weighted by molar-refractivity contribution is 5.94. The Balaban J connectivity index is 1.25. The second-order valence-electron chi connectivity index (χ2n) is 9.69. The van der Waals surface area contributed by atoms with Crippen LogP contribution in [0.2, 0.25) is 0 Å². The van der Waals surface area contributed by atoms with Crippen LogP contribution in [0.15, 0.2) is 66.7 Å². The third-order valence-corrected chi connectivity index (χ3v) is 7.53. The molecule has 0 fully saturated rings. The lowest BCUT2D eigenvalue weighted by atomic mass is 9.92. The van der Waals surface area contributed by atoms with E-state index in [1.807, 2.05) is 47.4 Å². The first-order valence-corrected chi connectivity index (χ1v) is 12.6. The molecule has 3 aromatic carbocycles. The minimum atomic E-state index is -0.258. The molecule has 1 aromatic heterocycles. The molecule has 0 radical (unpaired) electrons. The molecule has 0 aliphatic carbocycles. The Labute approximate surface area is 214 Å². The van der Waals surface area contributed by atoms with Crippen LogP contribution < -0.4 is 19.1 Å². The number of carbonyl (C=O) groups excluding carboxylic acids is 1. The van der Waals surface area contributed by atoms with Crippen molar-refractivity contribution in [1.82, 2.24) is 9.88 Å². The number of aromatic nitrogens is 1. The highest BCUT2D eigenvalue weighted by Gasteiger charge is 2.34. The normalized spacial score (nSPS) is 18.1. The number of ether oxygens (including phenoxy) is 3. The van der Waals surface area contributed by atoms with Gasteiger partial charge in [0.25, 0.3) is 0 Å². The molecule has 1 unspecified atom stereocenters. The van der Waals surface area contributed by atoms with Crippen molar-refractivity contribution in [3.8, 4) is 17.2 Å². The highest BCUT2D eigenvalue weighted by atomic mass is 16.7. The molecule has 186 valence electrons. The van der Waals surface area contributed by atoms with Gasteiger partial charge in [-0.15, -0.1) is 0 Å². The number of H-pyrrole nitrogens is 1. The second-order valence-corrected chi connectivity index (χ2v) is 9.69. The van der Waals surface area contributed by atoms with Crippen molar-refractivity contribution < 1.29 is 19.0 Å². The number of benzene rings is 3. The zero-order valence-electron chi connectivity index (χ0n) is 20.6. The fourth-order valence-electron chi connectivity index (χ4n) is 5.64. The average Bonchev–Trinajstić information content (AvgIpc) is 3.55. The summed E-state index contributed by atoms with van der Waals surface area (Å²) in [4.78, 5) is 21.4. The van der Waals surface area contributed by atoms with Crippen molar-refractivity contribution in [2.24, 2.45) is 0 Å². The van der Waals surface area contributed by atoms with E-state index in [9.17, 15) is 4.79 Å². The van der Waals surface area contributed by atoms with Crippen LogP contribution >= 0.6 is 0 Å². The van der Waals surface area contributed by atoms with Gasteiger partial charge in [0.15, 0.2) is 11.5 Å². The van der Waals surface area contributed by atoms with E-state index in [1.165, 1.54) is 10.9 Å². The molecular weight excluding hydrogens is 466 g/mol. The van der Waals surface area contributed by atoms with Gasteiger partial charge >= 0.3 is 0 Å². The lowest BCUT2D eigenvalue weighted by Gasteiger charge is -2.35. The van der Waals surface area contributed by atoms with Crippen molar-refractivity contribution in [2.75, 3.05) is 38.4 Å². The summed E-state index contributed by atoms with van der Waals surface area (Å²) in [5.41, 5.74) is 6.41. The van der Waals surface area contributed by atoms with Crippen LogP contribution in [0, 0.1) is 0 Å². The highest BCUT2D eigenvalue weighted by Crippen LogP contribution is 2.42. The Bertz CT molecular complexity index is 1560. The van der Waals surface area contributed by atoms with Crippen molar-refractivity contribution in [1.29, 1.82) is 0 Å². The first-order chi connectivity index (χ1) is 18.2. The minimum Gasteiger partial charge on any atom is -0.490 e. The average molecular weight is 494 g/mol. The van der Waals surface area contributed by atoms with Crippen LogP contribution in [0.25, 0.3) is 17.0 Å². The number of fused-ring (bicyclic) bond motifs is 5. The summed E-state index contributed by atoms with van der Waals surface area (Å²) in [5.74, 6) is 2.29. The Hall–Kier alpha value is -4.39. The number of rotatable bonds is 3. The van der Waals surface area contributed by atoms with Gasteiger partial charge in [-0.2, -0.15) is 0 Å². The fraction of sp³-hybridized carbons (Fsp3) is 0.233. The first-order valence-electron chi connectivity index (χ1n) is 12.6. The van der Waals surface area contributed by atoms with Crippen molar-refractivity contribution >= 4 is 28.6 Å². The SMILES string of the molecule is CN1CCOc2ccc(/C=C/C(=O)N3CCc4c([nH]c5ccccc45)C3c3ccc4c(c3)OCO4)cc21. The maximum atomic E-state index is 13.7. The van der Waals surface area contributed by atoms with Gasteiger partial charge in [-0.25, -0.2) is 0 Å². The van der Waals surface area contributed by atoms with Gasteiger partial charge in [0.05, 0.1) is 18.3 Å². The maximum Gasteiger partial charge on any atom is 0.247 e. The van der Waals surface area contributed by atoms with Crippen LogP contribution in [0.1, 0.15) is 28.4 Å². The molecule has 1 atom stereocenters. The Morgan fingerprint density at radius 2 is 1.84 bits per heavy atom. The van der Waals surface area contributed by atoms with E-state index in [2.05, 4.69) is 41.2 Å². The molecule has 37 heavy (non-hydrogen) atoms. The second kappa shape index (κ2) is 8.62. The number of para-hydroxylation sites is 1. The molecular formula is C30H27N3O4. The lowest BCUT2D eigenvalue weighted by molar-refractivity contribution is -0.128. The van der Waals surface area contributed by atoms with Gasteiger partial charge in [0.1, 0.15) is 12.4 Å². The number of likely N-dealkylation sites (N-methyl/N-ethyl adjacent to an activating group) is 1. The van der Waals surface area contributed by atoms with E-state index in [1.54, 1.807) is 6.08 Å². The smallest absolute Gasteiger partial charge is 0.247 e. The molecule has 7 nitrogen and oxygen atoms in total. The van der Waals surface area contributed by atoms with E-state index < -0.39 is 0 Å². The van der Waals surface area contributed by atoms with Crippen LogP contribution in [-0.4, -0.2) is 49.3 Å². The number of hydrogen-bond donors (Lipinski definition) is 1. The van der Waals surface area contributed by atoms with Gasteiger partial charge in [-0.3, -0.25) is 4.79 Å². The zero-order chi connectivity index (χ0) is 24.9. The largest absolute Gasteiger partial charge is 0.490 e. The third-order valence-electron chi connectivity index (χ3n) is 7.53. The number of hydrogen-bond acceptors (Lipinski definition) is 5. The van der Waals surface area contributed by atoms with E-state index in [-0.39, 0.29) is 18.7 Å². The predicted molar refractivity (Wildman–Crippen MR) is 142 cm³/mol. The standard InChI is InChI=1S/C30H27N3O4/c1-32-14-15-35-25-9-6-19(16-24(25)32)7-11-28(34)33-13-12-22-21-4-2-3-5-23(21)31-29(22)30(33)20-8-10-26-27(17-20)37-18-36-26/h2-11,16-17,30-31H,12-15,18H2,1H3/b11-7+. The van der Waals surface area contributed by atoms with Gasteiger partial charge in [0, 0.05) is 36.3 Å². The lowest BCUT2D eigenvalue weighted by Crippen LogP contribution is -2.39. The number of carbonyl (C=O) groups is 1. The number of aromatic amines is 1. The van der Waals surface area contributed by atoms with Gasteiger partial charge < -0.3 is 29.0 Å². The van der Waals surface area contributed by atoms with E-state index >= 15 is 0 Å². The van der Waals surface area contributed by atoms with E-state index in [4.69, 9.17) is 14.2 Å². The third kappa shape index (κ3) is 3.69. The number of nitrogens with zero attached hydrogens (tertiary/aromatic N) is 2. The summed E-state index contributed by atoms with van der Waals surface area (Å²) in [6, 6.07) is 20.1. The quantitative estimate of drug-likeness (QED) is 0.411. The number of anilines is 1. The Morgan fingerprint density at radius 3 is 2.78 bits per heavy atom. The fourth-order valence-corrected chi connectivity index (χ4v) is 5.64. The molecule has 0 spiro atoms. The van der Waals surface area contributed by atoms with Crippen LogP contribution in [0.3, 0.4) is 0 Å². The molecule has 7 rings (SSSR count). The molecule has 7 heteroatoms. The first kappa shape index (κ1) is 21.9. The minimum absolute atomic E-state index is 0.0331. The van der Waals surface area contributed by atoms with Crippen molar-refractivity contribution in [3.63, 3.8) is 0 Å². The summed E-state index contributed by atoms with van der Waals surface area (Å²) in [7, 11) is 2.06. The monoisotopic (exact) mass is 493 g/mol. The van der Waals surface area contributed by atoms with Crippen LogP contribution in [-0.2, 0) is 11.2 Å². The molecule has 1 N–H and O–H groups in total. The number of nitrogens with one attached hydrogen (secondary N) is 1. The van der Waals surface area contributed by atoms with Crippen LogP contribution in [0.5, 0.6) is 17.2 Å². The van der Waals surface area contributed by atoms with Gasteiger partial charge in [-0.05, 0) is 59.5 Å². The summed E-state index contributed by atoms with van der Waals surface area (Å²) in [6.07, 6.45) is 4.36. The summed E-state index contributed by atoms with van der Waals surface area (Å²) < 4.78 is 17.0. The summed E-state index contributed by atoms with van der Waals surface area (Å²) >= 11 is 0. The number of amides is 1. The summed E-state index contributed by atoms with van der Waals surface area (Å²) in [6.45, 7) is 2.37. The molecule has 3 aliphatic rings. The van der Waals surface area contributed by atoms with Gasteiger partial charge in [0.2, 0.25) is 12.7 Å². The van der Waals surface area contributed by atoms with Crippen molar-refractivity contribution in [3.05, 3.63) is 89.1 Å². The van der Waals surface area contributed by atoms with E-state index in [0.29, 0.717) is 18.9 Å². The topological polar surface area (TPSA) is 67.0 Å². The molecule has 0 saturated heterocycles. The maximum absolute atomic E-state index is 13.7. The molecule has 4 aromatic rings. The van der Waals surface area contributed by atoms with Gasteiger partial charge in [-0.1, -0.05) is 30.3 Å². The summed E-state index contributed by atoms with van der Waals surface area (Å²) in [5, 5.41) is 1.21. The zero-order valence-corrected chi connectivity index (χ0v) is 20.6. The van der Waals surface area contributed by atoms with Crippen molar-refractivity contribution in [2.45, 2.75) is 12.5 Å².